The van der Waals surface area contributed by atoms with Crippen LogP contribution in [0.4, 0.5) is 0 Å². The van der Waals surface area contributed by atoms with Gasteiger partial charge in [0.1, 0.15) is 0 Å². The van der Waals surface area contributed by atoms with Crippen molar-refractivity contribution in [3.8, 4) is 0 Å². The Morgan fingerprint density at radius 2 is 2.17 bits per heavy atom. The number of thiophene rings is 1. The van der Waals surface area contributed by atoms with E-state index in [1.54, 1.807) is 30.3 Å². The van der Waals surface area contributed by atoms with Gasteiger partial charge in [-0.1, -0.05) is 35.3 Å². The van der Waals surface area contributed by atoms with Crippen molar-refractivity contribution in [3.05, 3.63) is 56.2 Å². The number of rotatable bonds is 3. The maximum atomic E-state index is 11.6. The number of nitrogens with zero attached hydrogens (tertiary/aromatic N) is 1. The van der Waals surface area contributed by atoms with Crippen LogP contribution in [0, 0.1) is 0 Å². The van der Waals surface area contributed by atoms with E-state index in [0.29, 0.717) is 20.5 Å². The molecule has 1 heterocycles. The molecule has 1 aromatic heterocycles. The van der Waals surface area contributed by atoms with Gasteiger partial charge in [-0.25, -0.2) is 5.43 Å². The summed E-state index contributed by atoms with van der Waals surface area (Å²) in [6.45, 7) is 0. The lowest BCUT2D eigenvalue weighted by Gasteiger charge is -1.99. The minimum Gasteiger partial charge on any atom is -0.266 e. The molecule has 1 aromatic carbocycles. The largest absolute Gasteiger partial charge is 0.281 e. The second kappa shape index (κ2) is 6.00. The van der Waals surface area contributed by atoms with Crippen molar-refractivity contribution in [1.29, 1.82) is 0 Å². The molecule has 0 bridgehead atoms. The van der Waals surface area contributed by atoms with Crippen LogP contribution in [-0.4, -0.2) is 12.1 Å². The molecule has 0 spiro atoms. The number of benzene rings is 1. The molecule has 0 aliphatic carbocycles. The third-order valence-corrected chi connectivity index (χ3v) is 3.51. The molecule has 1 N–H and O–H groups in total. The van der Waals surface area contributed by atoms with Gasteiger partial charge in [-0.05, 0) is 23.6 Å². The molecule has 18 heavy (non-hydrogen) atoms. The van der Waals surface area contributed by atoms with Gasteiger partial charge in [0, 0.05) is 10.6 Å². The van der Waals surface area contributed by atoms with Crippen molar-refractivity contribution < 1.29 is 4.79 Å². The number of hydrogen-bond acceptors (Lipinski definition) is 3. The third-order valence-electron chi connectivity index (χ3n) is 2.08. The number of amides is 1. The molecule has 6 heteroatoms. The molecule has 2 rings (SSSR count). The molecule has 0 aliphatic heterocycles. The normalized spacial score (nSPS) is 10.8. The van der Waals surface area contributed by atoms with E-state index < -0.39 is 0 Å². The Bertz CT molecular complexity index is 582. The molecule has 0 aliphatic rings. The molecule has 0 unspecified atom stereocenters. The van der Waals surface area contributed by atoms with Crippen molar-refractivity contribution in [2.75, 3.05) is 0 Å². The smallest absolute Gasteiger partial charge is 0.266 e. The van der Waals surface area contributed by atoms with Crippen LogP contribution in [0.25, 0.3) is 0 Å². The van der Waals surface area contributed by atoms with E-state index in [9.17, 15) is 4.79 Å². The predicted octanol–water partition coefficient (Wildman–Crippen LogP) is 3.82. The molecule has 0 fully saturated rings. The molecule has 3 nitrogen and oxygen atoms in total. The fourth-order valence-corrected chi connectivity index (χ4v) is 2.30. The monoisotopic (exact) mass is 298 g/mol. The lowest BCUT2D eigenvalue weighted by atomic mass is 10.2. The van der Waals surface area contributed by atoms with Crippen LogP contribution >= 0.6 is 34.5 Å². The van der Waals surface area contributed by atoms with Crippen LogP contribution in [0.1, 0.15) is 15.2 Å². The topological polar surface area (TPSA) is 41.5 Å². The summed E-state index contributed by atoms with van der Waals surface area (Å²) in [5.41, 5.74) is 3.11. The zero-order valence-electron chi connectivity index (χ0n) is 9.06. The first kappa shape index (κ1) is 13.1. The van der Waals surface area contributed by atoms with Crippen molar-refractivity contribution in [1.82, 2.24) is 5.43 Å². The van der Waals surface area contributed by atoms with Gasteiger partial charge in [-0.2, -0.15) is 5.10 Å². The van der Waals surface area contributed by atoms with Gasteiger partial charge in [-0.3, -0.25) is 4.79 Å². The third kappa shape index (κ3) is 3.32. The van der Waals surface area contributed by atoms with Crippen molar-refractivity contribution >= 4 is 46.7 Å². The van der Waals surface area contributed by atoms with Gasteiger partial charge in [0.2, 0.25) is 0 Å². The number of carbonyl (C=O) groups excluding carboxylic acids is 1. The average Bonchev–Trinajstić information content (AvgIpc) is 2.85. The van der Waals surface area contributed by atoms with Crippen molar-refractivity contribution in [2.45, 2.75) is 0 Å². The minimum atomic E-state index is -0.244. The molecule has 92 valence electrons. The molecule has 0 atom stereocenters. The van der Waals surface area contributed by atoms with Crippen LogP contribution < -0.4 is 5.43 Å². The maximum Gasteiger partial charge on any atom is 0.281 e. The van der Waals surface area contributed by atoms with Crippen LogP contribution in [0.2, 0.25) is 10.0 Å². The number of carbonyl (C=O) groups is 1. The standard InChI is InChI=1S/C12H8Cl2N2OS/c13-9-4-3-8(10(14)6-9)7-15-16-12(17)11-2-1-5-18-11/h1-7H,(H,16,17)/b15-7+. The number of hydrogen-bond donors (Lipinski definition) is 1. The SMILES string of the molecule is O=C(N/N=C/c1ccc(Cl)cc1Cl)c1cccs1. The van der Waals surface area contributed by atoms with E-state index in [1.807, 2.05) is 5.38 Å². The Hall–Kier alpha value is -1.36. The van der Waals surface area contributed by atoms with E-state index in [1.165, 1.54) is 17.6 Å². The second-order valence-corrected chi connectivity index (χ2v) is 5.13. The Balaban J connectivity index is 2.01. The molecule has 0 saturated heterocycles. The maximum absolute atomic E-state index is 11.6. The van der Waals surface area contributed by atoms with Crippen LogP contribution in [0.15, 0.2) is 40.8 Å². The van der Waals surface area contributed by atoms with Gasteiger partial charge in [-0.15, -0.1) is 11.3 Å². The first-order chi connectivity index (χ1) is 8.66. The van der Waals surface area contributed by atoms with E-state index >= 15 is 0 Å². The van der Waals surface area contributed by atoms with Crippen molar-refractivity contribution in [3.63, 3.8) is 0 Å². The van der Waals surface area contributed by atoms with Gasteiger partial charge in [0.15, 0.2) is 0 Å². The van der Waals surface area contributed by atoms with E-state index in [4.69, 9.17) is 23.2 Å². The van der Waals surface area contributed by atoms with Crippen LogP contribution in [-0.2, 0) is 0 Å². The molecule has 0 saturated carbocycles. The number of nitrogens with one attached hydrogen (secondary N) is 1. The minimum absolute atomic E-state index is 0.244. The fraction of sp³-hybridized carbons (Fsp3) is 0. The molecule has 2 aromatic rings. The zero-order chi connectivity index (χ0) is 13.0. The second-order valence-electron chi connectivity index (χ2n) is 3.34. The lowest BCUT2D eigenvalue weighted by molar-refractivity contribution is 0.0959. The highest BCUT2D eigenvalue weighted by molar-refractivity contribution is 7.12. The first-order valence-corrected chi connectivity index (χ1v) is 6.62. The number of halogens is 2. The predicted molar refractivity (Wildman–Crippen MR) is 75.8 cm³/mol. The molecule has 0 radical (unpaired) electrons. The Kier molecular flexibility index (Phi) is 4.36. The Labute approximate surface area is 118 Å². The summed E-state index contributed by atoms with van der Waals surface area (Å²) in [7, 11) is 0. The molecular formula is C12H8Cl2N2OS. The van der Waals surface area contributed by atoms with Crippen LogP contribution in [0.5, 0.6) is 0 Å². The Morgan fingerprint density at radius 1 is 1.33 bits per heavy atom. The van der Waals surface area contributed by atoms with Gasteiger partial charge in [0.25, 0.3) is 5.91 Å². The first-order valence-electron chi connectivity index (χ1n) is 4.99. The molecular weight excluding hydrogens is 291 g/mol. The van der Waals surface area contributed by atoms with Crippen LogP contribution in [0.3, 0.4) is 0 Å². The summed E-state index contributed by atoms with van der Waals surface area (Å²) in [4.78, 5) is 12.2. The highest BCUT2D eigenvalue weighted by atomic mass is 35.5. The fourth-order valence-electron chi connectivity index (χ4n) is 1.23. The van der Waals surface area contributed by atoms with E-state index in [0.717, 1.165) is 0 Å². The van der Waals surface area contributed by atoms with E-state index in [2.05, 4.69) is 10.5 Å². The van der Waals surface area contributed by atoms with Crippen molar-refractivity contribution in [2.24, 2.45) is 5.10 Å². The highest BCUT2D eigenvalue weighted by Gasteiger charge is 2.04. The summed E-state index contributed by atoms with van der Waals surface area (Å²) in [5.74, 6) is -0.244. The molecule has 1 amide bonds. The summed E-state index contributed by atoms with van der Waals surface area (Å²) in [5, 5.41) is 6.71. The quantitative estimate of drug-likeness (QED) is 0.679. The summed E-state index contributed by atoms with van der Waals surface area (Å²) >= 11 is 13.1. The number of hydrazone groups is 1. The average molecular weight is 299 g/mol. The Morgan fingerprint density at radius 3 is 2.83 bits per heavy atom. The summed E-state index contributed by atoms with van der Waals surface area (Å²) < 4.78 is 0. The lowest BCUT2D eigenvalue weighted by Crippen LogP contribution is -2.16. The summed E-state index contributed by atoms with van der Waals surface area (Å²) in [6, 6.07) is 8.58. The van der Waals surface area contributed by atoms with Gasteiger partial charge >= 0.3 is 0 Å². The van der Waals surface area contributed by atoms with Gasteiger partial charge in [0.05, 0.1) is 16.1 Å². The zero-order valence-corrected chi connectivity index (χ0v) is 11.4. The van der Waals surface area contributed by atoms with E-state index in [-0.39, 0.29) is 5.91 Å². The van der Waals surface area contributed by atoms with Gasteiger partial charge < -0.3 is 0 Å². The summed E-state index contributed by atoms with van der Waals surface area (Å²) in [6.07, 6.45) is 1.48. The highest BCUT2D eigenvalue weighted by Crippen LogP contribution is 2.19.